The molecule has 0 saturated carbocycles. The average Bonchev–Trinajstić information content (AvgIpc) is 3.04. The molecule has 49 heavy (non-hydrogen) atoms. The van der Waals surface area contributed by atoms with Crippen LogP contribution in [-0.4, -0.2) is 53.9 Å². The largest absolute Gasteiger partial charge is 0.490 e. The van der Waals surface area contributed by atoms with Crippen LogP contribution >= 0.6 is 0 Å². The van der Waals surface area contributed by atoms with E-state index in [0.717, 1.165) is 10.8 Å². The number of pyridine rings is 1. The van der Waals surface area contributed by atoms with Crippen molar-refractivity contribution in [2.75, 3.05) is 24.8 Å². The van der Waals surface area contributed by atoms with E-state index in [1.165, 1.54) is 25.3 Å². The molecule has 0 spiro atoms. The maximum atomic E-state index is 14.8. The molecule has 11 nitrogen and oxygen atoms in total. The summed E-state index contributed by atoms with van der Waals surface area (Å²) in [4.78, 5) is 39.3. The van der Waals surface area contributed by atoms with E-state index in [1.54, 1.807) is 36.5 Å². The van der Waals surface area contributed by atoms with Gasteiger partial charge in [-0.05, 0) is 74.2 Å². The fourth-order valence-corrected chi connectivity index (χ4v) is 4.58. The average molecular weight is 689 g/mol. The van der Waals surface area contributed by atoms with Crippen molar-refractivity contribution in [3.8, 4) is 11.5 Å². The number of hydrogen-bond acceptors (Lipinski definition) is 9. The maximum absolute atomic E-state index is 14.8. The molecular weight excluding hydrogens is 652 g/mol. The quantitative estimate of drug-likeness (QED) is 0.0975. The maximum Gasteiger partial charge on any atom is 0.490 e. The molecular formula is C34H36F4N4O7. The minimum absolute atomic E-state index is 0.0911. The van der Waals surface area contributed by atoms with Gasteiger partial charge in [0, 0.05) is 22.8 Å². The molecule has 0 saturated heterocycles. The molecule has 0 aliphatic rings. The Kier molecular flexibility index (Phi) is 13.1. The zero-order chi connectivity index (χ0) is 36.3. The van der Waals surface area contributed by atoms with E-state index in [9.17, 15) is 27.2 Å². The highest BCUT2D eigenvalue weighted by molar-refractivity contribution is 5.94. The van der Waals surface area contributed by atoms with Crippen molar-refractivity contribution in [1.82, 2.24) is 10.3 Å². The summed E-state index contributed by atoms with van der Waals surface area (Å²) in [5, 5.41) is 14.9. The fraction of sp³-hybridized carbons (Fsp3) is 0.294. The van der Waals surface area contributed by atoms with Gasteiger partial charge in [0.25, 0.3) is 0 Å². The van der Waals surface area contributed by atoms with Crippen LogP contribution in [0.25, 0.3) is 10.8 Å². The Balaban J connectivity index is 0.000000838. The van der Waals surface area contributed by atoms with Crippen LogP contribution in [0.5, 0.6) is 11.5 Å². The smallest absolute Gasteiger partial charge is 0.490 e. The molecule has 0 bridgehead atoms. The van der Waals surface area contributed by atoms with Gasteiger partial charge in [0.05, 0.1) is 32.3 Å². The highest BCUT2D eigenvalue weighted by Crippen LogP contribution is 2.34. The van der Waals surface area contributed by atoms with Crippen molar-refractivity contribution in [2.45, 2.75) is 51.6 Å². The number of aliphatic carboxylic acids is 1. The first-order chi connectivity index (χ1) is 23.1. The lowest BCUT2D eigenvalue weighted by Crippen LogP contribution is -2.37. The van der Waals surface area contributed by atoms with Gasteiger partial charge < -0.3 is 35.7 Å². The molecule has 1 amide bonds. The number of carbonyl (C=O) groups excluding carboxylic acids is 2. The number of alkyl halides is 3. The first-order valence-corrected chi connectivity index (χ1v) is 14.9. The van der Waals surface area contributed by atoms with E-state index in [1.807, 2.05) is 39.0 Å². The second-order valence-electron chi connectivity index (χ2n) is 10.7. The van der Waals surface area contributed by atoms with Crippen LogP contribution in [0.4, 0.5) is 29.1 Å². The highest BCUT2D eigenvalue weighted by atomic mass is 19.4. The number of nitrogens with one attached hydrogen (secondary N) is 2. The number of amides is 1. The Morgan fingerprint density at radius 1 is 1.00 bits per heavy atom. The van der Waals surface area contributed by atoms with Gasteiger partial charge in [-0.1, -0.05) is 24.3 Å². The third kappa shape index (κ3) is 10.7. The number of aromatic nitrogens is 1. The molecule has 3 aromatic carbocycles. The van der Waals surface area contributed by atoms with E-state index in [0.29, 0.717) is 35.2 Å². The Labute approximate surface area is 279 Å². The predicted octanol–water partition coefficient (Wildman–Crippen LogP) is 6.35. The number of carbonyl (C=O) groups is 3. The van der Waals surface area contributed by atoms with Crippen molar-refractivity contribution < 1.29 is 51.3 Å². The van der Waals surface area contributed by atoms with E-state index in [4.69, 9.17) is 29.8 Å². The predicted molar refractivity (Wildman–Crippen MR) is 174 cm³/mol. The van der Waals surface area contributed by atoms with Crippen molar-refractivity contribution in [1.29, 1.82) is 0 Å². The third-order valence-corrected chi connectivity index (χ3v) is 6.77. The second kappa shape index (κ2) is 17.0. The van der Waals surface area contributed by atoms with Crippen LogP contribution in [0.1, 0.15) is 50.4 Å². The molecule has 262 valence electrons. The molecule has 1 unspecified atom stereocenters. The Morgan fingerprint density at radius 2 is 1.69 bits per heavy atom. The number of methoxy groups -OCH3 is 1. The molecule has 1 heterocycles. The molecule has 0 radical (unpaired) electrons. The summed E-state index contributed by atoms with van der Waals surface area (Å²) in [6, 6.07) is 16.6. The van der Waals surface area contributed by atoms with Crippen LogP contribution in [0.2, 0.25) is 0 Å². The molecule has 4 rings (SSSR count). The van der Waals surface area contributed by atoms with Crippen LogP contribution in [0, 0.1) is 5.82 Å². The highest BCUT2D eigenvalue weighted by Gasteiger charge is 2.38. The second-order valence-corrected chi connectivity index (χ2v) is 10.7. The Morgan fingerprint density at radius 3 is 2.31 bits per heavy atom. The molecule has 0 fully saturated rings. The van der Waals surface area contributed by atoms with Crippen molar-refractivity contribution in [3.05, 3.63) is 89.9 Å². The summed E-state index contributed by atoms with van der Waals surface area (Å²) in [5.74, 6) is -2.99. The molecule has 4 aromatic rings. The molecule has 0 aliphatic carbocycles. The summed E-state index contributed by atoms with van der Waals surface area (Å²) in [7, 11) is 1.24. The standard InChI is InChI=1S/C32H35FN4O5.C2HF3O2/c1-5-41-28-17-21(10-13-27(28)42-19(2)3)30(36-22-11-12-23-20(16-22)14-15-35-31(23)34)32(39)37-26(18-29(38)40-4)24-8-6-7-9-25(24)33;3-2(4,5)1(6)7/h6-17,19,26,30,36H,5,18H2,1-4H3,(H2,34,35)(H,37,39);(H,6,7)/t26?,30-;/m1./s1. The van der Waals surface area contributed by atoms with Gasteiger partial charge in [0.2, 0.25) is 5.91 Å². The number of nitrogens with zero attached hydrogens (tertiary/aromatic N) is 1. The van der Waals surface area contributed by atoms with Crippen LogP contribution in [0.3, 0.4) is 0 Å². The molecule has 0 aliphatic heterocycles. The zero-order valence-corrected chi connectivity index (χ0v) is 27.0. The number of esters is 1. The Hall–Kier alpha value is -5.60. The number of rotatable bonds is 12. The summed E-state index contributed by atoms with van der Waals surface area (Å²) in [6.45, 7) is 6.06. The number of benzene rings is 3. The number of anilines is 2. The summed E-state index contributed by atoms with van der Waals surface area (Å²) < 4.78 is 63.1. The number of halogens is 4. The lowest BCUT2D eigenvalue weighted by atomic mass is 10.00. The first kappa shape index (κ1) is 37.9. The number of hydrogen-bond donors (Lipinski definition) is 4. The molecule has 1 aromatic heterocycles. The number of carboxylic acid groups (broad SMARTS) is 1. The van der Waals surface area contributed by atoms with Gasteiger partial charge in [-0.2, -0.15) is 13.2 Å². The molecule has 15 heteroatoms. The van der Waals surface area contributed by atoms with E-state index >= 15 is 0 Å². The van der Waals surface area contributed by atoms with Crippen LogP contribution in [0.15, 0.2) is 72.9 Å². The molecule has 2 atom stereocenters. The number of nitrogen functional groups attached to an aromatic ring is 1. The fourth-order valence-electron chi connectivity index (χ4n) is 4.58. The Bertz CT molecular complexity index is 1770. The molecule has 5 N–H and O–H groups in total. The summed E-state index contributed by atoms with van der Waals surface area (Å²) in [6.07, 6.45) is -3.82. The van der Waals surface area contributed by atoms with E-state index < -0.39 is 41.9 Å². The minimum atomic E-state index is -5.08. The lowest BCUT2D eigenvalue weighted by Gasteiger charge is -2.25. The van der Waals surface area contributed by atoms with Gasteiger partial charge >= 0.3 is 18.1 Å². The number of nitrogens with two attached hydrogens (primary N) is 1. The first-order valence-electron chi connectivity index (χ1n) is 14.9. The van der Waals surface area contributed by atoms with E-state index in [-0.39, 0.29) is 18.1 Å². The lowest BCUT2D eigenvalue weighted by molar-refractivity contribution is -0.192. The monoisotopic (exact) mass is 688 g/mol. The van der Waals surface area contributed by atoms with Gasteiger partial charge in [-0.25, -0.2) is 14.2 Å². The van der Waals surface area contributed by atoms with Gasteiger partial charge in [0.15, 0.2) is 11.5 Å². The summed E-state index contributed by atoms with van der Waals surface area (Å²) >= 11 is 0. The third-order valence-electron chi connectivity index (χ3n) is 6.77. The van der Waals surface area contributed by atoms with E-state index in [2.05, 4.69) is 15.6 Å². The zero-order valence-electron chi connectivity index (χ0n) is 27.0. The number of carboxylic acids is 1. The SMILES string of the molecule is CCOc1cc([C@@H](Nc2ccc3c(N)nccc3c2)C(=O)NC(CC(=O)OC)c2ccccc2F)ccc1OC(C)C.O=C(O)C(F)(F)F. The van der Waals surface area contributed by atoms with Crippen molar-refractivity contribution >= 4 is 40.1 Å². The normalized spacial score (nSPS) is 12.3. The van der Waals surface area contributed by atoms with Crippen molar-refractivity contribution in [2.24, 2.45) is 0 Å². The van der Waals surface area contributed by atoms with Crippen molar-refractivity contribution in [3.63, 3.8) is 0 Å². The topological polar surface area (TPSA) is 162 Å². The van der Waals surface area contributed by atoms with Crippen LogP contribution in [-0.2, 0) is 19.1 Å². The van der Waals surface area contributed by atoms with Gasteiger partial charge in [-0.15, -0.1) is 0 Å². The van der Waals surface area contributed by atoms with Gasteiger partial charge in [-0.3, -0.25) is 9.59 Å². The van der Waals surface area contributed by atoms with Gasteiger partial charge in [0.1, 0.15) is 17.7 Å². The number of fused-ring (bicyclic) bond motifs is 1. The number of ether oxygens (including phenoxy) is 3. The summed E-state index contributed by atoms with van der Waals surface area (Å²) in [5.41, 5.74) is 7.38. The van der Waals surface area contributed by atoms with Crippen LogP contribution < -0.4 is 25.8 Å². The minimum Gasteiger partial charge on any atom is -0.490 e.